The second-order valence-electron chi connectivity index (χ2n) is 4.17. The number of nitrogens with one attached hydrogen (secondary N) is 1. The van der Waals surface area contributed by atoms with Gasteiger partial charge in [-0.05, 0) is 24.6 Å². The summed E-state index contributed by atoms with van der Waals surface area (Å²) in [7, 11) is 0. The third-order valence-corrected chi connectivity index (χ3v) is 2.79. The number of hydrogen-bond donors (Lipinski definition) is 3. The number of carboxylic acids is 1. The first-order valence-corrected chi connectivity index (χ1v) is 5.61. The van der Waals surface area contributed by atoms with Crippen molar-refractivity contribution in [3.8, 4) is 5.75 Å². The van der Waals surface area contributed by atoms with Gasteiger partial charge in [0.05, 0.1) is 17.3 Å². The van der Waals surface area contributed by atoms with Crippen molar-refractivity contribution in [1.29, 1.82) is 0 Å². The number of anilines is 1. The molecule has 4 N–H and O–H groups in total. The molecule has 1 atom stereocenters. The summed E-state index contributed by atoms with van der Waals surface area (Å²) in [5.74, 6) is -0.694. The van der Waals surface area contributed by atoms with Crippen LogP contribution < -0.4 is 15.8 Å². The molecule has 0 bridgehead atoms. The summed E-state index contributed by atoms with van der Waals surface area (Å²) in [5, 5.41) is 11.6. The summed E-state index contributed by atoms with van der Waals surface area (Å²) in [6.07, 6.45) is 1.22. The van der Waals surface area contributed by atoms with Crippen molar-refractivity contribution in [2.24, 2.45) is 0 Å². The SMILES string of the molecule is Nc1ccc(C(=O)O)cc1OCC1CCC(=O)N1. The van der Waals surface area contributed by atoms with Crippen molar-refractivity contribution in [2.75, 3.05) is 12.3 Å². The van der Waals surface area contributed by atoms with E-state index in [4.69, 9.17) is 15.6 Å². The predicted octanol–water partition coefficient (Wildman–Crippen LogP) is 0.624. The average molecular weight is 250 g/mol. The Morgan fingerprint density at radius 3 is 2.94 bits per heavy atom. The van der Waals surface area contributed by atoms with Gasteiger partial charge in [-0.3, -0.25) is 4.79 Å². The molecule has 1 aliphatic heterocycles. The van der Waals surface area contributed by atoms with E-state index in [1.165, 1.54) is 18.2 Å². The first-order valence-electron chi connectivity index (χ1n) is 5.61. The third-order valence-electron chi connectivity index (χ3n) is 2.79. The smallest absolute Gasteiger partial charge is 0.335 e. The minimum absolute atomic E-state index is 0.0101. The van der Waals surface area contributed by atoms with E-state index in [-0.39, 0.29) is 17.5 Å². The lowest BCUT2D eigenvalue weighted by Gasteiger charge is -2.13. The maximum absolute atomic E-state index is 11.0. The van der Waals surface area contributed by atoms with Crippen LogP contribution >= 0.6 is 0 Å². The average Bonchev–Trinajstić information content (AvgIpc) is 2.74. The van der Waals surface area contributed by atoms with E-state index in [2.05, 4.69) is 5.32 Å². The molecule has 0 radical (unpaired) electrons. The number of rotatable bonds is 4. The highest BCUT2D eigenvalue weighted by atomic mass is 16.5. The Bertz CT molecular complexity index is 487. The van der Waals surface area contributed by atoms with Crippen LogP contribution in [-0.2, 0) is 4.79 Å². The summed E-state index contributed by atoms with van der Waals surface area (Å²) in [5.41, 5.74) is 6.20. The van der Waals surface area contributed by atoms with E-state index in [9.17, 15) is 9.59 Å². The monoisotopic (exact) mass is 250 g/mol. The zero-order chi connectivity index (χ0) is 13.1. The number of carbonyl (C=O) groups is 2. The number of amides is 1. The minimum atomic E-state index is -1.03. The molecule has 1 heterocycles. The Kier molecular flexibility index (Phi) is 3.36. The van der Waals surface area contributed by atoms with Gasteiger partial charge in [0.25, 0.3) is 0 Å². The largest absolute Gasteiger partial charge is 0.489 e. The number of carbonyl (C=O) groups excluding carboxylic acids is 1. The summed E-state index contributed by atoms with van der Waals surface area (Å²) in [4.78, 5) is 21.8. The summed E-state index contributed by atoms with van der Waals surface area (Å²) in [6, 6.07) is 4.26. The van der Waals surface area contributed by atoms with Gasteiger partial charge in [0.15, 0.2) is 0 Å². The van der Waals surface area contributed by atoms with Gasteiger partial charge in [-0.25, -0.2) is 4.79 Å². The molecule has 0 aliphatic carbocycles. The topological polar surface area (TPSA) is 102 Å². The normalized spacial score (nSPS) is 18.4. The summed E-state index contributed by atoms with van der Waals surface area (Å²) in [6.45, 7) is 0.291. The highest BCUT2D eigenvalue weighted by molar-refractivity contribution is 5.89. The summed E-state index contributed by atoms with van der Waals surface area (Å²) >= 11 is 0. The highest BCUT2D eigenvalue weighted by Crippen LogP contribution is 2.23. The Labute approximate surface area is 104 Å². The fourth-order valence-electron chi connectivity index (χ4n) is 1.79. The van der Waals surface area contributed by atoms with Crippen molar-refractivity contribution >= 4 is 17.6 Å². The molecule has 2 rings (SSSR count). The molecule has 18 heavy (non-hydrogen) atoms. The number of nitrogen functional groups attached to an aromatic ring is 1. The van der Waals surface area contributed by atoms with Gasteiger partial charge in [0, 0.05) is 6.42 Å². The Morgan fingerprint density at radius 1 is 1.56 bits per heavy atom. The zero-order valence-corrected chi connectivity index (χ0v) is 9.68. The van der Waals surface area contributed by atoms with Crippen LogP contribution in [0, 0.1) is 0 Å². The predicted molar refractivity (Wildman–Crippen MR) is 64.5 cm³/mol. The Morgan fingerprint density at radius 2 is 2.33 bits per heavy atom. The molecule has 1 saturated heterocycles. The van der Waals surface area contributed by atoms with Crippen LogP contribution in [0.2, 0.25) is 0 Å². The molecule has 0 aromatic heterocycles. The zero-order valence-electron chi connectivity index (χ0n) is 9.68. The molecule has 1 aromatic carbocycles. The maximum atomic E-state index is 11.0. The molecular formula is C12H14N2O4. The van der Waals surface area contributed by atoms with E-state index >= 15 is 0 Å². The molecule has 1 aliphatic rings. The van der Waals surface area contributed by atoms with Gasteiger partial charge >= 0.3 is 5.97 Å². The quantitative estimate of drug-likeness (QED) is 0.680. The molecular weight excluding hydrogens is 236 g/mol. The van der Waals surface area contributed by atoms with E-state index in [0.717, 1.165) is 6.42 Å². The number of aromatic carboxylic acids is 1. The number of nitrogens with two attached hydrogens (primary N) is 1. The van der Waals surface area contributed by atoms with Crippen molar-refractivity contribution in [3.63, 3.8) is 0 Å². The number of carboxylic acid groups (broad SMARTS) is 1. The van der Waals surface area contributed by atoms with Gasteiger partial charge in [0.2, 0.25) is 5.91 Å². The van der Waals surface area contributed by atoms with Crippen molar-refractivity contribution in [1.82, 2.24) is 5.32 Å². The summed E-state index contributed by atoms with van der Waals surface area (Å²) < 4.78 is 5.46. The number of ether oxygens (including phenoxy) is 1. The molecule has 6 nitrogen and oxygen atoms in total. The van der Waals surface area contributed by atoms with E-state index in [0.29, 0.717) is 24.5 Å². The van der Waals surface area contributed by atoms with Crippen LogP contribution in [-0.4, -0.2) is 29.6 Å². The van der Waals surface area contributed by atoms with Crippen molar-refractivity contribution in [2.45, 2.75) is 18.9 Å². The van der Waals surface area contributed by atoms with Gasteiger partial charge in [-0.1, -0.05) is 0 Å². The lowest BCUT2D eigenvalue weighted by molar-refractivity contribution is -0.119. The molecule has 1 amide bonds. The lowest BCUT2D eigenvalue weighted by Crippen LogP contribution is -2.31. The van der Waals surface area contributed by atoms with Crippen LogP contribution in [0.3, 0.4) is 0 Å². The first-order chi connectivity index (χ1) is 8.56. The van der Waals surface area contributed by atoms with Crippen LogP contribution in [0.1, 0.15) is 23.2 Å². The van der Waals surface area contributed by atoms with Crippen LogP contribution in [0.25, 0.3) is 0 Å². The van der Waals surface area contributed by atoms with E-state index in [1.807, 2.05) is 0 Å². The van der Waals surface area contributed by atoms with E-state index in [1.54, 1.807) is 0 Å². The van der Waals surface area contributed by atoms with Gasteiger partial charge in [-0.15, -0.1) is 0 Å². The molecule has 0 spiro atoms. The maximum Gasteiger partial charge on any atom is 0.335 e. The first kappa shape index (κ1) is 12.2. The molecule has 0 saturated carbocycles. The van der Waals surface area contributed by atoms with Gasteiger partial charge in [-0.2, -0.15) is 0 Å². The standard InChI is InChI=1S/C12H14N2O4/c13-9-3-1-7(12(16)17)5-10(9)18-6-8-2-4-11(15)14-8/h1,3,5,8H,2,4,6,13H2,(H,14,15)(H,16,17). The second kappa shape index (κ2) is 4.95. The van der Waals surface area contributed by atoms with Crippen LogP contribution in [0.15, 0.2) is 18.2 Å². The Hall–Kier alpha value is -2.24. The van der Waals surface area contributed by atoms with Gasteiger partial charge in [0.1, 0.15) is 12.4 Å². The molecule has 1 aromatic rings. The fourth-order valence-corrected chi connectivity index (χ4v) is 1.79. The minimum Gasteiger partial charge on any atom is -0.489 e. The Balaban J connectivity index is 2.02. The highest BCUT2D eigenvalue weighted by Gasteiger charge is 2.21. The van der Waals surface area contributed by atoms with Crippen molar-refractivity contribution < 1.29 is 19.4 Å². The van der Waals surface area contributed by atoms with Crippen LogP contribution in [0.5, 0.6) is 5.75 Å². The molecule has 1 unspecified atom stereocenters. The van der Waals surface area contributed by atoms with Crippen LogP contribution in [0.4, 0.5) is 5.69 Å². The molecule has 1 fully saturated rings. The van der Waals surface area contributed by atoms with Gasteiger partial charge < -0.3 is 20.9 Å². The lowest BCUT2D eigenvalue weighted by atomic mass is 10.2. The van der Waals surface area contributed by atoms with E-state index < -0.39 is 5.97 Å². The fraction of sp³-hybridized carbons (Fsp3) is 0.333. The number of benzene rings is 1. The number of hydrogen-bond acceptors (Lipinski definition) is 4. The third kappa shape index (κ3) is 2.71. The molecule has 96 valence electrons. The van der Waals surface area contributed by atoms with Crippen molar-refractivity contribution in [3.05, 3.63) is 23.8 Å². The second-order valence-corrected chi connectivity index (χ2v) is 4.17. The molecule has 6 heteroatoms.